The molecule has 2 atom stereocenters. The van der Waals surface area contributed by atoms with Crippen LogP contribution in [-0.4, -0.2) is 54.5 Å². The van der Waals surface area contributed by atoms with Crippen molar-refractivity contribution in [3.63, 3.8) is 0 Å². The molecule has 2 N–H and O–H groups in total. The highest BCUT2D eigenvalue weighted by Gasteiger charge is 2.38. The molecule has 2 aliphatic rings. The Kier molecular flexibility index (Phi) is 6.69. The summed E-state index contributed by atoms with van der Waals surface area (Å²) in [7, 11) is 0. The largest absolute Gasteiger partial charge is 0.489 e. The van der Waals surface area contributed by atoms with E-state index in [-0.39, 0.29) is 0 Å². The zero-order valence-electron chi connectivity index (χ0n) is 15.6. The molecular formula is C21H31N3O2. The fourth-order valence-electron chi connectivity index (χ4n) is 4.29. The molecule has 2 saturated heterocycles. The van der Waals surface area contributed by atoms with Crippen molar-refractivity contribution in [2.75, 3.05) is 32.8 Å². The molecule has 0 bridgehead atoms. The second kappa shape index (κ2) is 9.19. The molecule has 0 radical (unpaired) electrons. The molecule has 1 aromatic rings. The summed E-state index contributed by atoms with van der Waals surface area (Å²) in [6, 6.07) is 8.64. The maximum Gasteiger partial charge on any atom is 0.222 e. The van der Waals surface area contributed by atoms with Crippen LogP contribution in [0.15, 0.2) is 36.9 Å². The van der Waals surface area contributed by atoms with Crippen molar-refractivity contribution in [1.82, 2.24) is 9.80 Å². The standard InChI is InChI=1S/C21H31N3O2/c1-2-14-26-20-7-4-3-6-18(20)16-23-13-10-19-17(15-23)8-9-21(25)24(19)12-5-11-22/h2-4,6-7,17,19H,1,5,8-16,22H2/t17-,19+/m0/s1. The van der Waals surface area contributed by atoms with E-state index in [2.05, 4.69) is 28.5 Å². The number of carbonyl (C=O) groups excluding carboxylic acids is 1. The zero-order valence-corrected chi connectivity index (χ0v) is 15.6. The van der Waals surface area contributed by atoms with Crippen LogP contribution in [0.1, 0.15) is 31.2 Å². The molecule has 26 heavy (non-hydrogen) atoms. The minimum absolute atomic E-state index is 0.316. The first-order valence-electron chi connectivity index (χ1n) is 9.76. The number of para-hydroxylation sites is 1. The molecule has 5 nitrogen and oxygen atoms in total. The molecule has 5 heteroatoms. The smallest absolute Gasteiger partial charge is 0.222 e. The van der Waals surface area contributed by atoms with Gasteiger partial charge in [-0.3, -0.25) is 9.69 Å². The molecule has 2 fully saturated rings. The summed E-state index contributed by atoms with van der Waals surface area (Å²) in [5, 5.41) is 0. The molecule has 1 aromatic carbocycles. The van der Waals surface area contributed by atoms with E-state index >= 15 is 0 Å². The van der Waals surface area contributed by atoms with Gasteiger partial charge in [-0.15, -0.1) is 0 Å². The van der Waals surface area contributed by atoms with Crippen LogP contribution in [0.5, 0.6) is 5.75 Å². The van der Waals surface area contributed by atoms with Gasteiger partial charge in [0.1, 0.15) is 12.4 Å². The van der Waals surface area contributed by atoms with Crippen molar-refractivity contribution in [3.05, 3.63) is 42.5 Å². The average Bonchev–Trinajstić information content (AvgIpc) is 2.66. The molecule has 3 rings (SSSR count). The Labute approximate surface area is 156 Å². The van der Waals surface area contributed by atoms with Gasteiger partial charge in [-0.25, -0.2) is 0 Å². The molecule has 0 spiro atoms. The summed E-state index contributed by atoms with van der Waals surface area (Å²) in [5.41, 5.74) is 6.87. The number of nitrogens with two attached hydrogens (primary N) is 1. The van der Waals surface area contributed by atoms with E-state index in [1.165, 1.54) is 5.56 Å². The lowest BCUT2D eigenvalue weighted by Gasteiger charge is -2.47. The normalized spacial score (nSPS) is 23.6. The summed E-state index contributed by atoms with van der Waals surface area (Å²) in [6.45, 7) is 8.68. The predicted octanol–water partition coefficient (Wildman–Crippen LogP) is 2.41. The monoisotopic (exact) mass is 357 g/mol. The SMILES string of the molecule is C=CCOc1ccccc1CN1CC[C@@H]2[C@@H](CCC(=O)N2CCCN)C1. The van der Waals surface area contributed by atoms with Crippen molar-refractivity contribution in [2.24, 2.45) is 11.7 Å². The number of benzene rings is 1. The van der Waals surface area contributed by atoms with Crippen LogP contribution in [0.3, 0.4) is 0 Å². The first-order chi connectivity index (χ1) is 12.7. The number of rotatable bonds is 8. The maximum absolute atomic E-state index is 12.3. The number of fused-ring (bicyclic) bond motifs is 1. The van der Waals surface area contributed by atoms with Gasteiger partial charge in [0.25, 0.3) is 0 Å². The van der Waals surface area contributed by atoms with Gasteiger partial charge in [-0.2, -0.15) is 0 Å². The van der Waals surface area contributed by atoms with Gasteiger partial charge < -0.3 is 15.4 Å². The molecule has 2 heterocycles. The van der Waals surface area contributed by atoms with Gasteiger partial charge in [-0.05, 0) is 37.8 Å². The van der Waals surface area contributed by atoms with Crippen LogP contribution in [0.2, 0.25) is 0 Å². The Morgan fingerprint density at radius 2 is 2.15 bits per heavy atom. The predicted molar refractivity (Wildman–Crippen MR) is 104 cm³/mol. The lowest BCUT2D eigenvalue weighted by molar-refractivity contribution is -0.141. The van der Waals surface area contributed by atoms with Gasteiger partial charge in [0.15, 0.2) is 0 Å². The minimum Gasteiger partial charge on any atom is -0.489 e. The Hall–Kier alpha value is -1.85. The summed E-state index contributed by atoms with van der Waals surface area (Å²) in [4.78, 5) is 16.9. The van der Waals surface area contributed by atoms with Crippen molar-refractivity contribution in [3.8, 4) is 5.75 Å². The van der Waals surface area contributed by atoms with Gasteiger partial charge in [0.05, 0.1) is 0 Å². The molecule has 0 aromatic heterocycles. The summed E-state index contributed by atoms with van der Waals surface area (Å²) in [5.74, 6) is 1.83. The number of carbonyl (C=O) groups is 1. The van der Waals surface area contributed by atoms with E-state index in [1.807, 2.05) is 12.1 Å². The highest BCUT2D eigenvalue weighted by Crippen LogP contribution is 2.32. The number of piperidine rings is 2. The zero-order chi connectivity index (χ0) is 18.4. The number of ether oxygens (including phenoxy) is 1. The quantitative estimate of drug-likeness (QED) is 0.726. The van der Waals surface area contributed by atoms with E-state index in [0.717, 1.165) is 51.2 Å². The fourth-order valence-corrected chi connectivity index (χ4v) is 4.29. The maximum atomic E-state index is 12.3. The van der Waals surface area contributed by atoms with E-state index in [0.29, 0.717) is 37.4 Å². The topological polar surface area (TPSA) is 58.8 Å². The fraction of sp³-hybridized carbons (Fsp3) is 0.571. The molecule has 0 aliphatic carbocycles. The van der Waals surface area contributed by atoms with E-state index in [9.17, 15) is 4.79 Å². The van der Waals surface area contributed by atoms with Crippen molar-refractivity contribution in [1.29, 1.82) is 0 Å². The highest BCUT2D eigenvalue weighted by molar-refractivity contribution is 5.77. The Bertz CT molecular complexity index is 619. The lowest BCUT2D eigenvalue weighted by atomic mass is 9.83. The van der Waals surface area contributed by atoms with Crippen LogP contribution in [0.4, 0.5) is 0 Å². The number of likely N-dealkylation sites (tertiary alicyclic amines) is 2. The Balaban J connectivity index is 1.62. The second-order valence-corrected chi connectivity index (χ2v) is 7.33. The third-order valence-corrected chi connectivity index (χ3v) is 5.55. The molecule has 0 unspecified atom stereocenters. The van der Waals surface area contributed by atoms with Gasteiger partial charge >= 0.3 is 0 Å². The number of hydrogen-bond donors (Lipinski definition) is 1. The molecular weight excluding hydrogens is 326 g/mol. The van der Waals surface area contributed by atoms with E-state index in [1.54, 1.807) is 6.08 Å². The van der Waals surface area contributed by atoms with Crippen molar-refractivity contribution in [2.45, 2.75) is 38.3 Å². The van der Waals surface area contributed by atoms with Crippen LogP contribution in [0, 0.1) is 5.92 Å². The summed E-state index contributed by atoms with van der Waals surface area (Å²) >= 11 is 0. The first-order valence-corrected chi connectivity index (χ1v) is 9.76. The second-order valence-electron chi connectivity index (χ2n) is 7.33. The highest BCUT2D eigenvalue weighted by atomic mass is 16.5. The molecule has 0 saturated carbocycles. The first kappa shape index (κ1) is 18.9. The Morgan fingerprint density at radius 3 is 2.96 bits per heavy atom. The van der Waals surface area contributed by atoms with Crippen molar-refractivity contribution >= 4 is 5.91 Å². The van der Waals surface area contributed by atoms with Crippen LogP contribution < -0.4 is 10.5 Å². The molecule has 1 amide bonds. The summed E-state index contributed by atoms with van der Waals surface area (Å²) in [6.07, 6.45) is 5.41. The third kappa shape index (κ3) is 4.46. The van der Waals surface area contributed by atoms with E-state index < -0.39 is 0 Å². The Morgan fingerprint density at radius 1 is 1.31 bits per heavy atom. The molecule has 2 aliphatic heterocycles. The van der Waals surface area contributed by atoms with Crippen LogP contribution in [-0.2, 0) is 11.3 Å². The average molecular weight is 357 g/mol. The number of nitrogens with zero attached hydrogens (tertiary/aromatic N) is 2. The third-order valence-electron chi connectivity index (χ3n) is 5.55. The minimum atomic E-state index is 0.316. The summed E-state index contributed by atoms with van der Waals surface area (Å²) < 4.78 is 5.80. The number of amides is 1. The van der Waals surface area contributed by atoms with Gasteiger partial charge in [0, 0.05) is 44.2 Å². The molecule has 142 valence electrons. The van der Waals surface area contributed by atoms with Crippen LogP contribution >= 0.6 is 0 Å². The van der Waals surface area contributed by atoms with E-state index in [4.69, 9.17) is 10.5 Å². The van der Waals surface area contributed by atoms with Crippen LogP contribution in [0.25, 0.3) is 0 Å². The van der Waals surface area contributed by atoms with Gasteiger partial charge in [0.2, 0.25) is 5.91 Å². The lowest BCUT2D eigenvalue weighted by Crippen LogP contribution is -2.56. The van der Waals surface area contributed by atoms with Crippen molar-refractivity contribution < 1.29 is 9.53 Å². The van der Waals surface area contributed by atoms with Gasteiger partial charge in [-0.1, -0.05) is 30.9 Å². The number of hydrogen-bond acceptors (Lipinski definition) is 4.